The largest absolute Gasteiger partial charge is 0.325 e. The molecule has 4 nitrogen and oxygen atoms in total. The predicted octanol–water partition coefficient (Wildman–Crippen LogP) is 3.07. The zero-order valence-electron chi connectivity index (χ0n) is 10.7. The minimum absolute atomic E-state index is 0.396. The van der Waals surface area contributed by atoms with E-state index in [0.717, 1.165) is 17.0 Å². The molecule has 0 aliphatic heterocycles. The van der Waals surface area contributed by atoms with Crippen molar-refractivity contribution in [1.82, 2.24) is 14.4 Å². The van der Waals surface area contributed by atoms with Gasteiger partial charge in [0.1, 0.15) is 0 Å². The summed E-state index contributed by atoms with van der Waals surface area (Å²) in [6.07, 6.45) is 5.59. The van der Waals surface area contributed by atoms with E-state index in [4.69, 9.17) is 5.73 Å². The number of hydrogen-bond donors (Lipinski definition) is 1. The van der Waals surface area contributed by atoms with E-state index in [-0.39, 0.29) is 0 Å². The Morgan fingerprint density at radius 1 is 1.20 bits per heavy atom. The van der Waals surface area contributed by atoms with Crippen LogP contribution in [0.5, 0.6) is 0 Å². The molecule has 0 atom stereocenters. The van der Waals surface area contributed by atoms with E-state index < -0.39 is 0 Å². The summed E-state index contributed by atoms with van der Waals surface area (Å²) in [7, 11) is 0. The number of thiophene rings is 1. The molecule has 98 valence electrons. The maximum Gasteiger partial charge on any atom is 0.160 e. The zero-order valence-corrected chi connectivity index (χ0v) is 11.5. The van der Waals surface area contributed by atoms with Gasteiger partial charge < -0.3 is 5.73 Å². The highest BCUT2D eigenvalue weighted by Crippen LogP contribution is 2.33. The lowest BCUT2D eigenvalue weighted by Gasteiger charge is -2.01. The van der Waals surface area contributed by atoms with E-state index in [1.54, 1.807) is 17.5 Å². The second-order valence-electron chi connectivity index (χ2n) is 4.56. The van der Waals surface area contributed by atoms with Crippen molar-refractivity contribution in [2.24, 2.45) is 5.73 Å². The lowest BCUT2D eigenvalue weighted by Crippen LogP contribution is -2.03. The molecule has 2 N–H and O–H groups in total. The fraction of sp³-hybridized carbons (Fsp3) is 0.0667. The number of rotatable bonds is 2. The SMILES string of the molecule is NCc1nccn2c(-c3cc4ccccc4s3)cnc12. The van der Waals surface area contributed by atoms with E-state index in [1.165, 1.54) is 15.0 Å². The topological polar surface area (TPSA) is 56.2 Å². The first kappa shape index (κ1) is 11.6. The fourth-order valence-corrected chi connectivity index (χ4v) is 3.48. The van der Waals surface area contributed by atoms with Gasteiger partial charge in [0.2, 0.25) is 0 Å². The zero-order chi connectivity index (χ0) is 13.5. The number of nitrogens with two attached hydrogens (primary N) is 1. The van der Waals surface area contributed by atoms with Crippen LogP contribution in [0.1, 0.15) is 5.69 Å². The highest BCUT2D eigenvalue weighted by atomic mass is 32.1. The van der Waals surface area contributed by atoms with Crippen LogP contribution in [0.25, 0.3) is 26.3 Å². The third-order valence-corrected chi connectivity index (χ3v) is 4.51. The lowest BCUT2D eigenvalue weighted by atomic mass is 10.2. The lowest BCUT2D eigenvalue weighted by molar-refractivity contribution is 0.964. The van der Waals surface area contributed by atoms with Gasteiger partial charge in [-0.2, -0.15) is 0 Å². The quantitative estimate of drug-likeness (QED) is 0.614. The van der Waals surface area contributed by atoms with Crippen molar-refractivity contribution in [3.63, 3.8) is 0 Å². The van der Waals surface area contributed by atoms with Crippen molar-refractivity contribution in [1.29, 1.82) is 0 Å². The van der Waals surface area contributed by atoms with Crippen LogP contribution in [0.15, 0.2) is 48.9 Å². The van der Waals surface area contributed by atoms with Crippen LogP contribution in [-0.4, -0.2) is 14.4 Å². The smallest absolute Gasteiger partial charge is 0.160 e. The van der Waals surface area contributed by atoms with Crippen LogP contribution in [-0.2, 0) is 6.54 Å². The number of imidazole rings is 1. The minimum Gasteiger partial charge on any atom is -0.325 e. The van der Waals surface area contributed by atoms with Crippen LogP contribution in [0.3, 0.4) is 0 Å². The van der Waals surface area contributed by atoms with Crippen LogP contribution < -0.4 is 5.73 Å². The van der Waals surface area contributed by atoms with Gasteiger partial charge in [-0.25, -0.2) is 4.98 Å². The molecule has 3 aromatic heterocycles. The first-order chi connectivity index (χ1) is 9.86. The Hall–Kier alpha value is -2.24. The normalized spacial score (nSPS) is 11.4. The van der Waals surface area contributed by atoms with Crippen LogP contribution in [0, 0.1) is 0 Å². The predicted molar refractivity (Wildman–Crippen MR) is 81.7 cm³/mol. The molecule has 5 heteroatoms. The molecule has 0 spiro atoms. The van der Waals surface area contributed by atoms with Crippen molar-refractivity contribution in [3.05, 3.63) is 54.6 Å². The maximum atomic E-state index is 5.71. The van der Waals surface area contributed by atoms with Gasteiger partial charge in [0.05, 0.1) is 22.5 Å². The highest BCUT2D eigenvalue weighted by Gasteiger charge is 2.11. The number of hydrogen-bond acceptors (Lipinski definition) is 4. The Morgan fingerprint density at radius 2 is 2.10 bits per heavy atom. The molecule has 0 fully saturated rings. The van der Waals surface area contributed by atoms with Crippen molar-refractivity contribution < 1.29 is 0 Å². The van der Waals surface area contributed by atoms with Crippen molar-refractivity contribution in [3.8, 4) is 10.6 Å². The van der Waals surface area contributed by atoms with Crippen LogP contribution in [0.2, 0.25) is 0 Å². The molecule has 0 bridgehead atoms. The molecular formula is C15H12N4S. The molecular weight excluding hydrogens is 268 g/mol. The molecule has 0 aliphatic carbocycles. The third-order valence-electron chi connectivity index (χ3n) is 3.37. The van der Waals surface area contributed by atoms with E-state index in [2.05, 4.69) is 44.7 Å². The standard InChI is InChI=1S/C15H12N4S/c16-8-11-15-18-9-12(19(15)6-5-17-11)14-7-10-3-1-2-4-13(10)20-14/h1-7,9H,8,16H2. The number of aromatic nitrogens is 3. The molecule has 4 rings (SSSR count). The van der Waals surface area contributed by atoms with Crippen molar-refractivity contribution in [2.45, 2.75) is 6.54 Å². The summed E-state index contributed by atoms with van der Waals surface area (Å²) in [5.74, 6) is 0. The van der Waals surface area contributed by atoms with Gasteiger partial charge in [0.15, 0.2) is 5.65 Å². The molecule has 0 saturated carbocycles. The van der Waals surface area contributed by atoms with Gasteiger partial charge in [0.25, 0.3) is 0 Å². The van der Waals surface area contributed by atoms with E-state index in [0.29, 0.717) is 6.54 Å². The summed E-state index contributed by atoms with van der Waals surface area (Å²) >= 11 is 1.77. The van der Waals surface area contributed by atoms with Gasteiger partial charge >= 0.3 is 0 Å². The molecule has 0 radical (unpaired) electrons. The summed E-state index contributed by atoms with van der Waals surface area (Å²) < 4.78 is 3.34. The van der Waals surface area contributed by atoms with Crippen molar-refractivity contribution >= 4 is 27.1 Å². The molecule has 0 amide bonds. The molecule has 20 heavy (non-hydrogen) atoms. The summed E-state index contributed by atoms with van der Waals surface area (Å²) in [5, 5.41) is 1.26. The monoisotopic (exact) mass is 280 g/mol. The van der Waals surface area contributed by atoms with Gasteiger partial charge in [-0.15, -0.1) is 11.3 Å². The Morgan fingerprint density at radius 3 is 2.95 bits per heavy atom. The Bertz CT molecular complexity index is 873. The van der Waals surface area contributed by atoms with E-state index >= 15 is 0 Å². The van der Waals surface area contributed by atoms with Gasteiger partial charge in [-0.05, 0) is 17.5 Å². The maximum absolute atomic E-state index is 5.71. The second kappa shape index (κ2) is 4.40. The number of nitrogens with zero attached hydrogens (tertiary/aromatic N) is 3. The fourth-order valence-electron chi connectivity index (χ4n) is 2.41. The third kappa shape index (κ3) is 1.64. The molecule has 0 unspecified atom stereocenters. The summed E-state index contributed by atoms with van der Waals surface area (Å²) in [4.78, 5) is 9.94. The van der Waals surface area contributed by atoms with Crippen LogP contribution in [0.4, 0.5) is 0 Å². The molecule has 0 aliphatic rings. The second-order valence-corrected chi connectivity index (χ2v) is 5.65. The van der Waals surface area contributed by atoms with E-state index in [1.807, 2.05) is 12.4 Å². The highest BCUT2D eigenvalue weighted by molar-refractivity contribution is 7.22. The summed E-state index contributed by atoms with van der Waals surface area (Å²) in [5.41, 5.74) is 8.45. The Labute approximate surface area is 119 Å². The average Bonchev–Trinajstić information content (AvgIpc) is 3.09. The van der Waals surface area contributed by atoms with Gasteiger partial charge in [-0.3, -0.25) is 9.38 Å². The van der Waals surface area contributed by atoms with E-state index in [9.17, 15) is 0 Å². The number of benzene rings is 1. The number of fused-ring (bicyclic) bond motifs is 2. The Kier molecular flexibility index (Phi) is 2.55. The first-order valence-corrected chi connectivity index (χ1v) is 7.18. The Balaban J connectivity index is 1.98. The van der Waals surface area contributed by atoms with Crippen LogP contribution >= 0.6 is 11.3 Å². The minimum atomic E-state index is 0.396. The molecule has 0 saturated heterocycles. The average molecular weight is 280 g/mol. The summed E-state index contributed by atoms with van der Waals surface area (Å²) in [6, 6.07) is 10.6. The van der Waals surface area contributed by atoms with Gasteiger partial charge in [0, 0.05) is 23.6 Å². The first-order valence-electron chi connectivity index (χ1n) is 6.37. The van der Waals surface area contributed by atoms with Crippen molar-refractivity contribution in [2.75, 3.05) is 0 Å². The molecule has 3 heterocycles. The molecule has 1 aromatic carbocycles. The summed E-state index contributed by atoms with van der Waals surface area (Å²) in [6.45, 7) is 0.396. The molecule has 4 aromatic rings. The van der Waals surface area contributed by atoms with Gasteiger partial charge in [-0.1, -0.05) is 18.2 Å².